The number of rotatable bonds is 5. The molecule has 0 saturated carbocycles. The Balaban J connectivity index is 2.08. The lowest BCUT2D eigenvalue weighted by Gasteiger charge is -2.20. The molecule has 0 amide bonds. The fourth-order valence-electron chi connectivity index (χ4n) is 2.94. The van der Waals surface area contributed by atoms with Crippen LogP contribution in [0.4, 0.5) is 11.4 Å². The number of aromatic nitrogens is 1. The van der Waals surface area contributed by atoms with E-state index in [4.69, 9.17) is 4.74 Å². The van der Waals surface area contributed by atoms with Gasteiger partial charge >= 0.3 is 5.97 Å². The predicted octanol–water partition coefficient (Wildman–Crippen LogP) is 3.80. The van der Waals surface area contributed by atoms with E-state index in [0.29, 0.717) is 27.7 Å². The van der Waals surface area contributed by atoms with E-state index >= 15 is 0 Å². The van der Waals surface area contributed by atoms with Crippen LogP contribution in [-0.4, -0.2) is 35.6 Å². The van der Waals surface area contributed by atoms with Crippen molar-refractivity contribution in [3.8, 4) is 10.6 Å². The van der Waals surface area contributed by atoms with Crippen molar-refractivity contribution in [1.82, 2.24) is 4.98 Å². The first kappa shape index (κ1) is 17.3. The molecular formula is C17H19N3O4S. The molecule has 8 heteroatoms. The van der Waals surface area contributed by atoms with Crippen molar-refractivity contribution in [3.63, 3.8) is 0 Å². The molecule has 0 atom stereocenters. The van der Waals surface area contributed by atoms with Crippen molar-refractivity contribution in [3.05, 3.63) is 38.9 Å². The van der Waals surface area contributed by atoms with E-state index < -0.39 is 10.9 Å². The number of nitro groups is 1. The van der Waals surface area contributed by atoms with Gasteiger partial charge < -0.3 is 9.64 Å². The van der Waals surface area contributed by atoms with Crippen molar-refractivity contribution in [2.24, 2.45) is 0 Å². The maximum Gasteiger partial charge on any atom is 0.350 e. The van der Waals surface area contributed by atoms with Crippen molar-refractivity contribution < 1.29 is 14.5 Å². The van der Waals surface area contributed by atoms with Gasteiger partial charge in [-0.05, 0) is 32.8 Å². The lowest BCUT2D eigenvalue weighted by atomic mass is 10.1. The molecule has 1 aliphatic rings. The molecule has 25 heavy (non-hydrogen) atoms. The molecule has 0 unspecified atom stereocenters. The van der Waals surface area contributed by atoms with Gasteiger partial charge in [-0.15, -0.1) is 11.3 Å². The van der Waals surface area contributed by atoms with Crippen LogP contribution in [0.2, 0.25) is 0 Å². The van der Waals surface area contributed by atoms with Crippen LogP contribution >= 0.6 is 11.3 Å². The quantitative estimate of drug-likeness (QED) is 0.457. The Bertz CT molecular complexity index is 812. The fourth-order valence-corrected chi connectivity index (χ4v) is 3.93. The smallest absolute Gasteiger partial charge is 0.350 e. The number of esters is 1. The summed E-state index contributed by atoms with van der Waals surface area (Å²) >= 11 is 1.22. The molecule has 1 fully saturated rings. The third-order valence-corrected chi connectivity index (χ3v) is 5.30. The summed E-state index contributed by atoms with van der Waals surface area (Å²) in [6.45, 7) is 5.63. The number of nitro benzene ring substituents is 1. The first-order valence-corrected chi connectivity index (χ1v) is 9.01. The Kier molecular flexibility index (Phi) is 4.98. The molecule has 0 spiro atoms. The summed E-state index contributed by atoms with van der Waals surface area (Å²) in [6.07, 6.45) is 2.20. The molecule has 1 saturated heterocycles. The Morgan fingerprint density at radius 2 is 2.12 bits per heavy atom. The van der Waals surface area contributed by atoms with Gasteiger partial charge in [-0.2, -0.15) is 0 Å². The number of ether oxygens (including phenoxy) is 1. The van der Waals surface area contributed by atoms with Crippen molar-refractivity contribution in [2.45, 2.75) is 26.7 Å². The second-order valence-corrected chi connectivity index (χ2v) is 6.81. The third-order valence-electron chi connectivity index (χ3n) is 4.13. The number of carbonyl (C=O) groups is 1. The van der Waals surface area contributed by atoms with Gasteiger partial charge in [0.15, 0.2) is 0 Å². The van der Waals surface area contributed by atoms with Gasteiger partial charge in [0.05, 0.1) is 17.2 Å². The first-order valence-electron chi connectivity index (χ1n) is 8.19. The zero-order valence-corrected chi connectivity index (χ0v) is 15.0. The highest BCUT2D eigenvalue weighted by Crippen LogP contribution is 2.38. The Morgan fingerprint density at radius 1 is 1.40 bits per heavy atom. The van der Waals surface area contributed by atoms with E-state index in [1.165, 1.54) is 17.4 Å². The fraction of sp³-hybridized carbons (Fsp3) is 0.412. The number of aryl methyl sites for hydroxylation is 1. The van der Waals surface area contributed by atoms with Crippen LogP contribution < -0.4 is 4.90 Å². The molecule has 1 aliphatic heterocycles. The second-order valence-electron chi connectivity index (χ2n) is 5.81. The number of thiazole rings is 1. The van der Waals surface area contributed by atoms with Crippen LogP contribution in [0.3, 0.4) is 0 Å². The molecule has 132 valence electrons. The number of carbonyl (C=O) groups excluding carboxylic acids is 1. The summed E-state index contributed by atoms with van der Waals surface area (Å²) in [5.74, 6) is -0.406. The average Bonchev–Trinajstić information content (AvgIpc) is 3.24. The molecule has 7 nitrogen and oxygen atoms in total. The molecule has 0 bridgehead atoms. The van der Waals surface area contributed by atoms with Crippen LogP contribution in [0.15, 0.2) is 18.2 Å². The average molecular weight is 361 g/mol. The van der Waals surface area contributed by atoms with Gasteiger partial charge in [0, 0.05) is 36.5 Å². The minimum Gasteiger partial charge on any atom is -0.462 e. The van der Waals surface area contributed by atoms with Gasteiger partial charge in [0.1, 0.15) is 9.88 Å². The summed E-state index contributed by atoms with van der Waals surface area (Å²) in [6, 6.07) is 4.84. The summed E-state index contributed by atoms with van der Waals surface area (Å²) in [5.41, 5.74) is 2.22. The van der Waals surface area contributed by atoms with Crippen molar-refractivity contribution in [1.29, 1.82) is 0 Å². The Hall–Kier alpha value is -2.48. The van der Waals surface area contributed by atoms with E-state index in [1.807, 2.05) is 0 Å². The van der Waals surface area contributed by atoms with E-state index in [0.717, 1.165) is 31.6 Å². The zero-order chi connectivity index (χ0) is 18.0. The van der Waals surface area contributed by atoms with Gasteiger partial charge in [-0.1, -0.05) is 0 Å². The van der Waals surface area contributed by atoms with Crippen LogP contribution in [-0.2, 0) is 4.74 Å². The highest BCUT2D eigenvalue weighted by molar-refractivity contribution is 7.17. The van der Waals surface area contributed by atoms with Crippen LogP contribution in [0.1, 0.15) is 35.1 Å². The number of nitrogens with zero attached hydrogens (tertiary/aromatic N) is 3. The van der Waals surface area contributed by atoms with E-state index in [-0.39, 0.29) is 5.69 Å². The number of hydrogen-bond donors (Lipinski definition) is 0. The van der Waals surface area contributed by atoms with Crippen LogP contribution in [0.5, 0.6) is 0 Å². The standard InChI is InChI=1S/C17H19N3O4S/c1-3-24-17(21)15-11(2)18-16(25-15)13-10-12(20(22)23)6-7-14(13)19-8-4-5-9-19/h6-7,10H,3-5,8-9H2,1-2H3. The lowest BCUT2D eigenvalue weighted by Crippen LogP contribution is -2.18. The van der Waals surface area contributed by atoms with E-state index in [9.17, 15) is 14.9 Å². The summed E-state index contributed by atoms with van der Waals surface area (Å²) < 4.78 is 5.06. The molecular weight excluding hydrogens is 342 g/mol. The SMILES string of the molecule is CCOC(=O)c1sc(-c2cc([N+](=O)[O-])ccc2N2CCCC2)nc1C. The molecule has 0 radical (unpaired) electrons. The zero-order valence-electron chi connectivity index (χ0n) is 14.2. The van der Waals surface area contributed by atoms with Crippen LogP contribution in [0.25, 0.3) is 10.6 Å². The molecule has 1 aromatic heterocycles. The van der Waals surface area contributed by atoms with Gasteiger partial charge in [0.25, 0.3) is 5.69 Å². The summed E-state index contributed by atoms with van der Waals surface area (Å²) in [4.78, 5) is 30.0. The topological polar surface area (TPSA) is 85.6 Å². The van der Waals surface area contributed by atoms with Gasteiger partial charge in [-0.25, -0.2) is 9.78 Å². The van der Waals surface area contributed by atoms with Crippen molar-refractivity contribution >= 4 is 28.7 Å². The molecule has 3 rings (SSSR count). The molecule has 2 heterocycles. The normalized spacial score (nSPS) is 13.9. The van der Waals surface area contributed by atoms with E-state index in [1.54, 1.807) is 26.0 Å². The highest BCUT2D eigenvalue weighted by Gasteiger charge is 2.24. The number of hydrogen-bond acceptors (Lipinski definition) is 7. The minimum absolute atomic E-state index is 0.0171. The molecule has 2 aromatic rings. The number of non-ortho nitro benzene ring substituents is 1. The highest BCUT2D eigenvalue weighted by atomic mass is 32.1. The maximum atomic E-state index is 12.1. The Labute approximate surface area is 149 Å². The third kappa shape index (κ3) is 3.48. The number of benzene rings is 1. The monoisotopic (exact) mass is 361 g/mol. The van der Waals surface area contributed by atoms with Crippen LogP contribution in [0, 0.1) is 17.0 Å². The van der Waals surface area contributed by atoms with Crippen molar-refractivity contribution in [2.75, 3.05) is 24.6 Å². The molecule has 0 N–H and O–H groups in total. The molecule has 1 aromatic carbocycles. The predicted molar refractivity (Wildman–Crippen MR) is 96.3 cm³/mol. The lowest BCUT2D eigenvalue weighted by molar-refractivity contribution is -0.384. The van der Waals surface area contributed by atoms with Gasteiger partial charge in [-0.3, -0.25) is 10.1 Å². The Morgan fingerprint density at radius 3 is 2.76 bits per heavy atom. The largest absolute Gasteiger partial charge is 0.462 e. The first-order chi connectivity index (χ1) is 12.0. The summed E-state index contributed by atoms with van der Waals surface area (Å²) in [7, 11) is 0. The maximum absolute atomic E-state index is 12.1. The minimum atomic E-state index is -0.413. The summed E-state index contributed by atoms with van der Waals surface area (Å²) in [5, 5.41) is 11.8. The molecule has 0 aliphatic carbocycles. The second kappa shape index (κ2) is 7.18. The van der Waals surface area contributed by atoms with E-state index in [2.05, 4.69) is 9.88 Å². The van der Waals surface area contributed by atoms with Gasteiger partial charge in [0.2, 0.25) is 0 Å². The number of anilines is 1.